The first-order valence-corrected chi connectivity index (χ1v) is 9.27. The Hall–Kier alpha value is -2.66. The normalized spacial score (nSPS) is 15.3. The average Bonchev–Trinajstić information content (AvgIpc) is 3.26. The highest BCUT2D eigenvalue weighted by molar-refractivity contribution is 6.33. The van der Waals surface area contributed by atoms with Gasteiger partial charge in [-0.05, 0) is 38.7 Å². The fraction of sp³-hybridized carbons (Fsp3) is 0.350. The lowest BCUT2D eigenvalue weighted by Gasteiger charge is -2.18. The molecule has 1 saturated carbocycles. The van der Waals surface area contributed by atoms with Gasteiger partial charge in [0.05, 0.1) is 40.8 Å². The molecule has 0 atom stereocenters. The summed E-state index contributed by atoms with van der Waals surface area (Å²) in [7, 11) is 0. The molecule has 1 aliphatic carbocycles. The average molecular weight is 398 g/mol. The van der Waals surface area contributed by atoms with E-state index in [0.717, 1.165) is 16.5 Å². The zero-order valence-corrected chi connectivity index (χ0v) is 16.3. The van der Waals surface area contributed by atoms with Crippen LogP contribution in [0.3, 0.4) is 0 Å². The van der Waals surface area contributed by atoms with Crippen molar-refractivity contribution in [1.82, 2.24) is 19.5 Å². The lowest BCUT2D eigenvalue weighted by Crippen LogP contribution is -2.25. The molecule has 0 spiro atoms. The Morgan fingerprint density at radius 2 is 2.07 bits per heavy atom. The fourth-order valence-electron chi connectivity index (χ4n) is 2.99. The van der Waals surface area contributed by atoms with Crippen LogP contribution in [0.15, 0.2) is 24.7 Å². The molecule has 1 aliphatic rings. The summed E-state index contributed by atoms with van der Waals surface area (Å²) in [5.41, 5.74) is 6.54. The SMILES string of the molecule is CC(C)(O)Cn1cc(-c2nc(N)ncc2Cl)c2cc(C#CC3(O)CC3)ncc21. The van der Waals surface area contributed by atoms with Gasteiger partial charge in [-0.25, -0.2) is 15.0 Å². The number of rotatable bonds is 3. The third kappa shape index (κ3) is 3.80. The molecule has 28 heavy (non-hydrogen) atoms. The highest BCUT2D eigenvalue weighted by Gasteiger charge is 2.38. The summed E-state index contributed by atoms with van der Waals surface area (Å²) in [6.45, 7) is 3.82. The number of hydrogen-bond donors (Lipinski definition) is 3. The van der Waals surface area contributed by atoms with Crippen LogP contribution < -0.4 is 5.73 Å². The van der Waals surface area contributed by atoms with E-state index in [2.05, 4.69) is 26.8 Å². The van der Waals surface area contributed by atoms with E-state index in [1.165, 1.54) is 6.20 Å². The van der Waals surface area contributed by atoms with Crippen LogP contribution in [-0.2, 0) is 6.54 Å². The van der Waals surface area contributed by atoms with E-state index in [4.69, 9.17) is 17.3 Å². The fourth-order valence-corrected chi connectivity index (χ4v) is 3.18. The second-order valence-corrected chi connectivity index (χ2v) is 8.18. The van der Waals surface area contributed by atoms with E-state index >= 15 is 0 Å². The topological polar surface area (TPSA) is 110 Å². The van der Waals surface area contributed by atoms with Gasteiger partial charge in [-0.15, -0.1) is 0 Å². The summed E-state index contributed by atoms with van der Waals surface area (Å²) in [6, 6.07) is 1.83. The minimum atomic E-state index is -0.925. The summed E-state index contributed by atoms with van der Waals surface area (Å²) < 4.78 is 1.90. The number of aromatic nitrogens is 4. The third-order valence-electron chi connectivity index (χ3n) is 4.49. The Balaban J connectivity index is 1.90. The number of aliphatic hydroxyl groups is 2. The molecule has 4 N–H and O–H groups in total. The molecule has 0 unspecified atom stereocenters. The highest BCUT2D eigenvalue weighted by atomic mass is 35.5. The quantitative estimate of drug-likeness (QED) is 0.585. The molecule has 0 saturated heterocycles. The van der Waals surface area contributed by atoms with Crippen molar-refractivity contribution in [3.05, 3.63) is 35.4 Å². The van der Waals surface area contributed by atoms with Crippen molar-refractivity contribution in [1.29, 1.82) is 0 Å². The molecule has 0 bridgehead atoms. The molecule has 0 radical (unpaired) electrons. The Labute approximate surface area is 167 Å². The molecule has 3 aromatic rings. The second-order valence-electron chi connectivity index (χ2n) is 7.78. The minimum absolute atomic E-state index is 0.118. The Morgan fingerprint density at radius 3 is 2.75 bits per heavy atom. The van der Waals surface area contributed by atoms with Gasteiger partial charge in [0.1, 0.15) is 11.3 Å². The van der Waals surface area contributed by atoms with E-state index in [1.54, 1.807) is 20.0 Å². The lowest BCUT2D eigenvalue weighted by molar-refractivity contribution is 0.0628. The predicted molar refractivity (Wildman–Crippen MR) is 108 cm³/mol. The molecule has 144 valence electrons. The van der Waals surface area contributed by atoms with Crippen LogP contribution in [0.1, 0.15) is 32.4 Å². The monoisotopic (exact) mass is 397 g/mol. The summed E-state index contributed by atoms with van der Waals surface area (Å²) in [6.07, 6.45) is 6.40. The molecule has 0 aromatic carbocycles. The molecule has 1 fully saturated rings. The van der Waals surface area contributed by atoms with Gasteiger partial charge >= 0.3 is 0 Å². The standard InChI is InChI=1S/C20H20ClN5O2/c1-19(2,27)11-26-10-14(17-15(21)8-24-18(22)25-17)13-7-12(23-9-16(13)26)3-4-20(28)5-6-20/h7-10,27-28H,5-6,11H2,1-2H3,(H2,22,24,25). The van der Waals surface area contributed by atoms with Crippen LogP contribution in [0.25, 0.3) is 22.2 Å². The van der Waals surface area contributed by atoms with Crippen LogP contribution in [-0.4, -0.2) is 40.9 Å². The van der Waals surface area contributed by atoms with Crippen molar-refractivity contribution < 1.29 is 10.2 Å². The van der Waals surface area contributed by atoms with E-state index in [9.17, 15) is 10.2 Å². The van der Waals surface area contributed by atoms with Gasteiger partial charge in [0.25, 0.3) is 0 Å². The molecule has 3 aromatic heterocycles. The van der Waals surface area contributed by atoms with Crippen molar-refractivity contribution in [3.63, 3.8) is 0 Å². The lowest BCUT2D eigenvalue weighted by atomic mass is 10.1. The van der Waals surface area contributed by atoms with E-state index in [1.807, 2.05) is 16.8 Å². The van der Waals surface area contributed by atoms with E-state index in [-0.39, 0.29) is 5.95 Å². The number of hydrogen-bond acceptors (Lipinski definition) is 6. The largest absolute Gasteiger partial charge is 0.389 e. The van der Waals surface area contributed by atoms with Gasteiger partial charge in [0.15, 0.2) is 0 Å². The van der Waals surface area contributed by atoms with Gasteiger partial charge in [0.2, 0.25) is 5.95 Å². The number of halogens is 1. The van der Waals surface area contributed by atoms with Crippen molar-refractivity contribution in [2.75, 3.05) is 5.73 Å². The van der Waals surface area contributed by atoms with Crippen LogP contribution in [0.4, 0.5) is 5.95 Å². The summed E-state index contributed by atoms with van der Waals surface area (Å²) >= 11 is 6.33. The van der Waals surface area contributed by atoms with Crippen molar-refractivity contribution in [3.8, 4) is 23.1 Å². The number of nitrogens with zero attached hydrogens (tertiary/aromatic N) is 4. The third-order valence-corrected chi connectivity index (χ3v) is 4.77. The number of nitrogens with two attached hydrogens (primary N) is 1. The molecule has 0 amide bonds. The first kappa shape index (κ1) is 18.7. The van der Waals surface area contributed by atoms with Crippen molar-refractivity contribution >= 4 is 28.5 Å². The van der Waals surface area contributed by atoms with E-state index < -0.39 is 11.2 Å². The second kappa shape index (κ2) is 6.45. The maximum absolute atomic E-state index is 10.3. The Kier molecular flexibility index (Phi) is 4.31. The van der Waals surface area contributed by atoms with Gasteiger partial charge in [0, 0.05) is 17.1 Å². The van der Waals surface area contributed by atoms with Crippen molar-refractivity contribution in [2.45, 2.75) is 44.4 Å². The first-order chi connectivity index (χ1) is 13.1. The maximum Gasteiger partial charge on any atom is 0.220 e. The molecular weight excluding hydrogens is 378 g/mol. The summed E-state index contributed by atoms with van der Waals surface area (Å²) in [5.74, 6) is 5.92. The zero-order valence-electron chi connectivity index (χ0n) is 15.6. The minimum Gasteiger partial charge on any atom is -0.389 e. The summed E-state index contributed by atoms with van der Waals surface area (Å²) in [4.78, 5) is 12.6. The van der Waals surface area contributed by atoms with Gasteiger partial charge in [-0.2, -0.15) is 0 Å². The highest BCUT2D eigenvalue weighted by Crippen LogP contribution is 2.35. The first-order valence-electron chi connectivity index (χ1n) is 8.89. The smallest absolute Gasteiger partial charge is 0.220 e. The van der Waals surface area contributed by atoms with Gasteiger partial charge in [-0.1, -0.05) is 17.5 Å². The number of nitrogen functional groups attached to an aromatic ring is 1. The van der Waals surface area contributed by atoms with Crippen molar-refractivity contribution in [2.24, 2.45) is 0 Å². The van der Waals surface area contributed by atoms with Crippen LogP contribution in [0.5, 0.6) is 0 Å². The molecule has 4 rings (SSSR count). The van der Waals surface area contributed by atoms with Gasteiger partial charge < -0.3 is 20.5 Å². The Morgan fingerprint density at radius 1 is 1.32 bits per heavy atom. The van der Waals surface area contributed by atoms with Crippen LogP contribution >= 0.6 is 11.6 Å². The van der Waals surface area contributed by atoms with Crippen LogP contribution in [0, 0.1) is 11.8 Å². The molecule has 7 nitrogen and oxygen atoms in total. The van der Waals surface area contributed by atoms with E-state index in [0.29, 0.717) is 35.8 Å². The molecule has 8 heteroatoms. The van der Waals surface area contributed by atoms with Gasteiger partial charge in [-0.3, -0.25) is 0 Å². The zero-order chi connectivity index (χ0) is 20.1. The Bertz CT molecular complexity index is 1130. The maximum atomic E-state index is 10.3. The number of anilines is 1. The molecular formula is C20H20ClN5O2. The summed E-state index contributed by atoms with van der Waals surface area (Å²) in [5, 5.41) is 21.4. The molecule has 3 heterocycles. The number of fused-ring (bicyclic) bond motifs is 1. The van der Waals surface area contributed by atoms with Crippen LogP contribution in [0.2, 0.25) is 5.02 Å². The molecule has 0 aliphatic heterocycles. The predicted octanol–water partition coefficient (Wildman–Crippen LogP) is 2.38. The number of pyridine rings is 1.